The molecule has 6 nitrogen and oxygen atoms in total. The lowest BCUT2D eigenvalue weighted by Gasteiger charge is -2.13. The van der Waals surface area contributed by atoms with Crippen LogP contribution < -0.4 is 15.4 Å². The lowest BCUT2D eigenvalue weighted by Crippen LogP contribution is -2.22. The monoisotopic (exact) mass is 447 g/mol. The van der Waals surface area contributed by atoms with Crippen molar-refractivity contribution in [3.05, 3.63) is 99.1 Å². The number of nitro groups is 1. The van der Waals surface area contributed by atoms with E-state index in [1.54, 1.807) is 12.1 Å². The van der Waals surface area contributed by atoms with E-state index in [0.29, 0.717) is 31.3 Å². The van der Waals surface area contributed by atoms with Gasteiger partial charge in [0.15, 0.2) is 0 Å². The van der Waals surface area contributed by atoms with Crippen LogP contribution in [0.1, 0.15) is 11.1 Å². The van der Waals surface area contributed by atoms with Gasteiger partial charge in [0.1, 0.15) is 12.4 Å². The van der Waals surface area contributed by atoms with Crippen molar-refractivity contribution in [1.29, 1.82) is 0 Å². The summed E-state index contributed by atoms with van der Waals surface area (Å²) in [5.41, 5.74) is 3.02. The quantitative estimate of drug-likeness (QED) is 0.245. The van der Waals surface area contributed by atoms with Gasteiger partial charge in [-0.25, -0.2) is 0 Å². The predicted molar refractivity (Wildman–Crippen MR) is 123 cm³/mol. The van der Waals surface area contributed by atoms with Crippen molar-refractivity contribution >= 4 is 35.4 Å². The molecule has 158 valence electrons. The number of non-ortho nitro benzene ring substituents is 1. The summed E-state index contributed by atoms with van der Waals surface area (Å²) in [6, 6.07) is 22.0. The average Bonchev–Trinajstić information content (AvgIpc) is 2.74. The Balaban J connectivity index is 0.00000320. The smallest absolute Gasteiger partial charge is 0.269 e. The molecule has 0 aliphatic rings. The first-order chi connectivity index (χ1) is 14.1. The molecule has 0 saturated carbocycles. The minimum absolute atomic E-state index is 0. The highest BCUT2D eigenvalue weighted by atomic mass is 35.5. The number of rotatable bonds is 10. The summed E-state index contributed by atoms with van der Waals surface area (Å²) in [7, 11) is 0. The predicted octanol–water partition coefficient (Wildman–Crippen LogP) is 5.45. The molecule has 0 aliphatic carbocycles. The van der Waals surface area contributed by atoms with Crippen molar-refractivity contribution in [2.75, 3.05) is 18.4 Å². The molecule has 3 aromatic carbocycles. The third-order valence-electron chi connectivity index (χ3n) is 4.28. The van der Waals surface area contributed by atoms with E-state index in [-0.39, 0.29) is 18.1 Å². The Hall–Kier alpha value is -2.80. The number of anilines is 1. The number of halogens is 2. The van der Waals surface area contributed by atoms with Gasteiger partial charge in [-0.15, -0.1) is 12.4 Å². The normalized spacial score (nSPS) is 10.2. The van der Waals surface area contributed by atoms with Gasteiger partial charge < -0.3 is 15.4 Å². The Labute approximate surface area is 186 Å². The number of hydrogen-bond donors (Lipinski definition) is 2. The molecule has 0 aromatic heterocycles. The molecule has 8 heteroatoms. The fourth-order valence-corrected chi connectivity index (χ4v) is 2.98. The van der Waals surface area contributed by atoms with Crippen LogP contribution in [0, 0.1) is 10.1 Å². The maximum atomic E-state index is 10.7. The summed E-state index contributed by atoms with van der Waals surface area (Å²) >= 11 is 6.15. The van der Waals surface area contributed by atoms with Gasteiger partial charge in [0, 0.05) is 48.0 Å². The first-order valence-electron chi connectivity index (χ1n) is 9.26. The van der Waals surface area contributed by atoms with Gasteiger partial charge in [0.05, 0.1) is 4.92 Å². The minimum Gasteiger partial charge on any atom is -0.489 e. The summed E-state index contributed by atoms with van der Waals surface area (Å²) in [5.74, 6) is 0.800. The molecule has 0 atom stereocenters. The molecule has 0 amide bonds. The fourth-order valence-electron chi connectivity index (χ4n) is 2.78. The van der Waals surface area contributed by atoms with Crippen LogP contribution >= 0.6 is 24.0 Å². The van der Waals surface area contributed by atoms with Crippen LogP contribution in [0.4, 0.5) is 11.4 Å². The molecule has 0 unspecified atom stereocenters. The van der Waals surface area contributed by atoms with Crippen LogP contribution in [0.15, 0.2) is 72.8 Å². The SMILES string of the molecule is Cl.O=[N+]([O-])c1ccc(NCCNCc2cc(Cl)ccc2OCc2ccccc2)cc1. The fraction of sp³-hybridized carbons (Fsp3) is 0.182. The van der Waals surface area contributed by atoms with E-state index >= 15 is 0 Å². The summed E-state index contributed by atoms with van der Waals surface area (Å²) in [6.45, 7) is 2.50. The van der Waals surface area contributed by atoms with Crippen LogP contribution in [0.2, 0.25) is 5.02 Å². The maximum Gasteiger partial charge on any atom is 0.269 e. The van der Waals surface area contributed by atoms with Gasteiger partial charge >= 0.3 is 0 Å². The van der Waals surface area contributed by atoms with E-state index in [2.05, 4.69) is 10.6 Å². The van der Waals surface area contributed by atoms with Gasteiger partial charge in [-0.2, -0.15) is 0 Å². The molecule has 3 rings (SSSR count). The highest BCUT2D eigenvalue weighted by Crippen LogP contribution is 2.24. The lowest BCUT2D eigenvalue weighted by atomic mass is 10.2. The molecule has 0 bridgehead atoms. The number of nitrogens with one attached hydrogen (secondary N) is 2. The van der Waals surface area contributed by atoms with Crippen molar-refractivity contribution < 1.29 is 9.66 Å². The highest BCUT2D eigenvalue weighted by molar-refractivity contribution is 6.30. The summed E-state index contributed by atoms with van der Waals surface area (Å²) < 4.78 is 5.97. The van der Waals surface area contributed by atoms with Gasteiger partial charge in [-0.1, -0.05) is 41.9 Å². The Morgan fingerprint density at radius 3 is 2.40 bits per heavy atom. The third-order valence-corrected chi connectivity index (χ3v) is 4.52. The van der Waals surface area contributed by atoms with Crippen molar-refractivity contribution in [1.82, 2.24) is 5.32 Å². The molecule has 3 aromatic rings. The Bertz CT molecular complexity index is 938. The molecular formula is C22H23Cl2N3O3. The number of nitrogens with zero attached hydrogens (tertiary/aromatic N) is 1. The molecule has 0 saturated heterocycles. The van der Waals surface area contributed by atoms with Crippen LogP contribution in [0.25, 0.3) is 0 Å². The lowest BCUT2D eigenvalue weighted by molar-refractivity contribution is -0.384. The minimum atomic E-state index is -0.409. The van der Waals surface area contributed by atoms with Gasteiger partial charge in [-0.05, 0) is 35.9 Å². The first-order valence-corrected chi connectivity index (χ1v) is 9.64. The zero-order chi connectivity index (χ0) is 20.5. The third kappa shape index (κ3) is 7.22. The number of hydrogen-bond acceptors (Lipinski definition) is 5. The molecule has 2 N–H and O–H groups in total. The van der Waals surface area contributed by atoms with Crippen LogP contribution in [-0.2, 0) is 13.2 Å². The van der Waals surface area contributed by atoms with Crippen LogP contribution in [-0.4, -0.2) is 18.0 Å². The maximum absolute atomic E-state index is 10.7. The second-order valence-corrected chi connectivity index (χ2v) is 6.87. The summed E-state index contributed by atoms with van der Waals surface area (Å²) in [6.07, 6.45) is 0. The molecule has 0 aliphatic heterocycles. The number of benzene rings is 3. The van der Waals surface area contributed by atoms with E-state index in [1.165, 1.54) is 12.1 Å². The van der Waals surface area contributed by atoms with Crippen molar-refractivity contribution in [2.24, 2.45) is 0 Å². The zero-order valence-corrected chi connectivity index (χ0v) is 17.8. The summed E-state index contributed by atoms with van der Waals surface area (Å²) in [4.78, 5) is 10.3. The van der Waals surface area contributed by atoms with E-state index < -0.39 is 4.92 Å². The Morgan fingerprint density at radius 2 is 1.70 bits per heavy atom. The highest BCUT2D eigenvalue weighted by Gasteiger charge is 2.06. The molecule has 0 spiro atoms. The van der Waals surface area contributed by atoms with E-state index in [1.807, 2.05) is 48.5 Å². The van der Waals surface area contributed by atoms with Gasteiger partial charge in [0.25, 0.3) is 5.69 Å². The molecule has 0 fully saturated rings. The Morgan fingerprint density at radius 1 is 0.967 bits per heavy atom. The van der Waals surface area contributed by atoms with Gasteiger partial charge in [0.2, 0.25) is 0 Å². The standard InChI is InChI=1S/C22H22ClN3O3.ClH/c23-19-6-11-22(29-16-17-4-2-1-3-5-17)18(14-19)15-24-12-13-25-20-7-9-21(10-8-20)26(27)28;/h1-11,14,24-25H,12-13,15-16H2;1H. The van der Waals surface area contributed by atoms with Gasteiger partial charge in [-0.3, -0.25) is 10.1 Å². The second-order valence-electron chi connectivity index (χ2n) is 6.43. The van der Waals surface area contributed by atoms with Crippen LogP contribution in [0.3, 0.4) is 0 Å². The van der Waals surface area contributed by atoms with Crippen molar-refractivity contribution in [2.45, 2.75) is 13.2 Å². The largest absolute Gasteiger partial charge is 0.489 e. The topological polar surface area (TPSA) is 76.4 Å². The second kappa shape index (κ2) is 12.0. The Kier molecular flexibility index (Phi) is 9.41. The van der Waals surface area contributed by atoms with E-state index in [4.69, 9.17) is 16.3 Å². The number of nitro benzene ring substituents is 1. The van der Waals surface area contributed by atoms with Crippen molar-refractivity contribution in [3.63, 3.8) is 0 Å². The van der Waals surface area contributed by atoms with E-state index in [9.17, 15) is 10.1 Å². The van der Waals surface area contributed by atoms with Crippen LogP contribution in [0.5, 0.6) is 5.75 Å². The zero-order valence-electron chi connectivity index (χ0n) is 16.2. The summed E-state index contributed by atoms with van der Waals surface area (Å²) in [5, 5.41) is 17.9. The van der Waals surface area contributed by atoms with E-state index in [0.717, 1.165) is 22.6 Å². The average molecular weight is 448 g/mol. The number of ether oxygens (including phenoxy) is 1. The van der Waals surface area contributed by atoms with Crippen molar-refractivity contribution in [3.8, 4) is 5.75 Å². The molecule has 0 heterocycles. The molecule has 30 heavy (non-hydrogen) atoms. The molecule has 0 radical (unpaired) electrons. The first kappa shape index (κ1) is 23.5. The molecular weight excluding hydrogens is 425 g/mol.